The van der Waals surface area contributed by atoms with Crippen molar-refractivity contribution in [3.05, 3.63) is 0 Å². The lowest BCUT2D eigenvalue weighted by molar-refractivity contribution is -0.0267. The quantitative estimate of drug-likeness (QED) is 0.0437. The van der Waals surface area contributed by atoms with Crippen LogP contribution < -0.4 is 0 Å². The van der Waals surface area contributed by atoms with Crippen LogP contribution in [-0.2, 0) is 51.8 Å². The second-order valence-corrected chi connectivity index (χ2v) is 20.1. The van der Waals surface area contributed by atoms with E-state index in [-0.39, 0.29) is 5.04 Å². The molecule has 54 heavy (non-hydrogen) atoms. The highest BCUT2D eigenvalue weighted by molar-refractivity contribution is 6.74. The Bertz CT molecular complexity index is 712. The van der Waals surface area contributed by atoms with Crippen LogP contribution in [0.5, 0.6) is 0 Å². The van der Waals surface area contributed by atoms with Crippen LogP contribution >= 0.6 is 0 Å². The monoisotopic (exact) mass is 797 g/mol. The zero-order chi connectivity index (χ0) is 39.5. The summed E-state index contributed by atoms with van der Waals surface area (Å²) in [5.41, 5.74) is 0. The zero-order valence-electron chi connectivity index (χ0n) is 36.2. The first-order valence-corrected chi connectivity index (χ1v) is 24.6. The minimum Gasteiger partial charge on any atom is -0.414 e. The van der Waals surface area contributed by atoms with E-state index in [1.165, 1.54) is 83.5 Å². The molecule has 0 atom stereocenters. The van der Waals surface area contributed by atoms with E-state index in [1.54, 1.807) is 0 Å². The molecule has 0 fully saturated rings. The first kappa shape index (κ1) is 53.8. The highest BCUT2D eigenvalue weighted by Crippen LogP contribution is 2.36. The average Bonchev–Trinajstić information content (AvgIpc) is 3.14. The fraction of sp³-hybridized carbons (Fsp3) is 1.00. The molecule has 0 saturated carbocycles. The van der Waals surface area contributed by atoms with Gasteiger partial charge in [-0.3, -0.25) is 0 Å². The van der Waals surface area contributed by atoms with Crippen molar-refractivity contribution in [1.82, 2.24) is 0 Å². The number of rotatable bonds is 46. The summed E-state index contributed by atoms with van der Waals surface area (Å²) < 4.78 is 61.7. The molecule has 0 aliphatic heterocycles. The number of ether oxygens (including phenoxy) is 10. The first-order chi connectivity index (χ1) is 26.3. The molecule has 0 radical (unpaired) electrons. The molecule has 0 amide bonds. The smallest absolute Gasteiger partial charge is 0.192 e. The summed E-state index contributed by atoms with van der Waals surface area (Å²) >= 11 is 0. The van der Waals surface area contributed by atoms with Crippen molar-refractivity contribution in [2.75, 3.05) is 139 Å². The summed E-state index contributed by atoms with van der Waals surface area (Å²) in [4.78, 5) is 0. The molecule has 0 rings (SSSR count). The molecule has 0 aromatic heterocycles. The molecule has 326 valence electrons. The molecule has 12 heteroatoms. The maximum atomic E-state index is 6.09. The van der Waals surface area contributed by atoms with Crippen LogP contribution in [-0.4, -0.2) is 147 Å². The van der Waals surface area contributed by atoms with E-state index in [2.05, 4.69) is 40.8 Å². The molecule has 0 heterocycles. The van der Waals surface area contributed by atoms with Gasteiger partial charge in [0, 0.05) is 6.61 Å². The maximum absolute atomic E-state index is 6.09. The predicted molar refractivity (Wildman–Crippen MR) is 222 cm³/mol. The Balaban J connectivity index is 3.11. The van der Waals surface area contributed by atoms with Gasteiger partial charge in [-0.15, -0.1) is 0 Å². The molecule has 0 spiro atoms. The summed E-state index contributed by atoms with van der Waals surface area (Å²) in [6, 6.07) is 0. The van der Waals surface area contributed by atoms with Crippen LogP contribution in [0.4, 0.5) is 0 Å². The van der Waals surface area contributed by atoms with Crippen LogP contribution in [0.1, 0.15) is 118 Å². The van der Waals surface area contributed by atoms with Crippen LogP contribution in [0.3, 0.4) is 0 Å². The molecule has 0 bridgehead atoms. The fourth-order valence-corrected chi connectivity index (χ4v) is 6.08. The van der Waals surface area contributed by atoms with Crippen LogP contribution in [0.2, 0.25) is 18.1 Å². The van der Waals surface area contributed by atoms with Gasteiger partial charge in [0.1, 0.15) is 0 Å². The van der Waals surface area contributed by atoms with Crippen molar-refractivity contribution < 1.29 is 51.8 Å². The number of hydrogen-bond donors (Lipinski definition) is 0. The zero-order valence-corrected chi connectivity index (χ0v) is 37.2. The topological polar surface area (TPSA) is 102 Å². The molecule has 0 N–H and O–H groups in total. The van der Waals surface area contributed by atoms with E-state index in [4.69, 9.17) is 51.8 Å². The number of unbranched alkanes of at least 4 members (excludes halogenated alkanes) is 13. The average molecular weight is 797 g/mol. The highest BCUT2D eigenvalue weighted by atomic mass is 28.4. The standard InChI is InChI=1S/C42H88O11Si/c1-7-8-9-10-11-12-13-14-15-16-17-18-19-20-21-43-22-23-44-24-25-45-26-27-46-28-29-47-30-31-48-32-33-49-34-35-50-36-37-51-38-39-52-40-41-53-54(5,6)42(2,3)4/h7-41H2,1-6H3. The van der Waals surface area contributed by atoms with Gasteiger partial charge in [0.05, 0.1) is 132 Å². The van der Waals surface area contributed by atoms with Gasteiger partial charge < -0.3 is 51.8 Å². The van der Waals surface area contributed by atoms with E-state index in [0.717, 1.165) is 13.0 Å². The third kappa shape index (κ3) is 41.4. The molecule has 0 unspecified atom stereocenters. The van der Waals surface area contributed by atoms with E-state index < -0.39 is 8.32 Å². The minimum absolute atomic E-state index is 0.220. The molecule has 11 nitrogen and oxygen atoms in total. The van der Waals surface area contributed by atoms with Gasteiger partial charge in [0.25, 0.3) is 0 Å². The van der Waals surface area contributed by atoms with Gasteiger partial charge in [0.2, 0.25) is 0 Å². The Morgan fingerprint density at radius 2 is 0.481 bits per heavy atom. The van der Waals surface area contributed by atoms with Crippen molar-refractivity contribution in [3.63, 3.8) is 0 Å². The van der Waals surface area contributed by atoms with E-state index >= 15 is 0 Å². The lowest BCUT2D eigenvalue weighted by Crippen LogP contribution is -2.41. The predicted octanol–water partition coefficient (Wildman–Crippen LogP) is 8.66. The van der Waals surface area contributed by atoms with Gasteiger partial charge in [-0.25, -0.2) is 0 Å². The van der Waals surface area contributed by atoms with Crippen LogP contribution in [0.15, 0.2) is 0 Å². The Kier molecular flexibility index (Phi) is 42.2. The third-order valence-electron chi connectivity index (χ3n) is 9.49. The lowest BCUT2D eigenvalue weighted by atomic mass is 10.0. The molecule has 0 aromatic rings. The molecule has 0 aliphatic rings. The summed E-state index contributed by atoms with van der Waals surface area (Å²) in [5, 5.41) is 0.220. The maximum Gasteiger partial charge on any atom is 0.192 e. The Labute approximate surface area is 333 Å². The summed E-state index contributed by atoms with van der Waals surface area (Å²) in [6.45, 7) is 25.5. The summed E-state index contributed by atoms with van der Waals surface area (Å²) in [7, 11) is -1.70. The third-order valence-corrected chi connectivity index (χ3v) is 14.0. The van der Waals surface area contributed by atoms with Crippen molar-refractivity contribution in [2.24, 2.45) is 0 Å². The van der Waals surface area contributed by atoms with Gasteiger partial charge in [-0.05, 0) is 24.6 Å². The van der Waals surface area contributed by atoms with Gasteiger partial charge in [-0.2, -0.15) is 0 Å². The Hall–Kier alpha value is -0.223. The van der Waals surface area contributed by atoms with E-state index in [9.17, 15) is 0 Å². The molecular formula is C42H88O11Si. The van der Waals surface area contributed by atoms with E-state index in [0.29, 0.717) is 132 Å². The highest BCUT2D eigenvalue weighted by Gasteiger charge is 2.36. The molecule has 0 aliphatic carbocycles. The van der Waals surface area contributed by atoms with Crippen LogP contribution in [0.25, 0.3) is 0 Å². The van der Waals surface area contributed by atoms with Crippen molar-refractivity contribution >= 4 is 8.32 Å². The van der Waals surface area contributed by atoms with Crippen LogP contribution in [0, 0.1) is 0 Å². The van der Waals surface area contributed by atoms with Gasteiger partial charge in [0.15, 0.2) is 8.32 Å². The lowest BCUT2D eigenvalue weighted by Gasteiger charge is -2.36. The van der Waals surface area contributed by atoms with Crippen molar-refractivity contribution in [3.8, 4) is 0 Å². The molecule has 0 aromatic carbocycles. The Morgan fingerprint density at radius 1 is 0.278 bits per heavy atom. The number of hydrogen-bond acceptors (Lipinski definition) is 11. The second kappa shape index (κ2) is 42.4. The Morgan fingerprint density at radius 3 is 0.722 bits per heavy atom. The SMILES string of the molecule is CCCCCCCCCCCCCCCCOCCOCCOCCOCCOCCOCCOCCOCCOCCOCCO[Si](C)(C)C(C)(C)C. The summed E-state index contributed by atoms with van der Waals surface area (Å²) in [5.74, 6) is 0. The van der Waals surface area contributed by atoms with Crippen molar-refractivity contribution in [2.45, 2.75) is 136 Å². The normalized spacial score (nSPS) is 12.3. The van der Waals surface area contributed by atoms with E-state index in [1.807, 2.05) is 0 Å². The first-order valence-electron chi connectivity index (χ1n) is 21.7. The molecular weight excluding hydrogens is 709 g/mol. The van der Waals surface area contributed by atoms with Crippen molar-refractivity contribution in [1.29, 1.82) is 0 Å². The summed E-state index contributed by atoms with van der Waals surface area (Å²) in [6.07, 6.45) is 19.3. The minimum atomic E-state index is -1.70. The van der Waals surface area contributed by atoms with Gasteiger partial charge in [-0.1, -0.05) is 111 Å². The fourth-order valence-electron chi connectivity index (χ4n) is 5.05. The second-order valence-electron chi connectivity index (χ2n) is 15.3. The molecule has 0 saturated heterocycles. The largest absolute Gasteiger partial charge is 0.414 e. The van der Waals surface area contributed by atoms with Gasteiger partial charge >= 0.3 is 0 Å².